The SMILES string of the molecule is CC1(C)C(=O)N([C@H]2C[C@@](C)(N3C[C@H]4CC[C@@H]3C4)C2)c2cc(Br)cnc21. The fourth-order valence-corrected chi connectivity index (χ4v) is 6.25. The van der Waals surface area contributed by atoms with Gasteiger partial charge in [0.05, 0.1) is 16.8 Å². The number of pyridine rings is 1. The van der Waals surface area contributed by atoms with Crippen molar-refractivity contribution in [2.45, 2.75) is 75.9 Å². The van der Waals surface area contributed by atoms with Crippen molar-refractivity contribution in [3.05, 3.63) is 22.4 Å². The third kappa shape index (κ3) is 2.14. The van der Waals surface area contributed by atoms with E-state index in [1.165, 1.54) is 25.8 Å². The van der Waals surface area contributed by atoms with Gasteiger partial charge in [-0.1, -0.05) is 0 Å². The van der Waals surface area contributed by atoms with Gasteiger partial charge in [-0.25, -0.2) is 0 Å². The molecule has 2 bridgehead atoms. The number of fused-ring (bicyclic) bond motifs is 3. The molecule has 5 heteroatoms. The molecule has 3 fully saturated rings. The molecule has 5 rings (SSSR count). The summed E-state index contributed by atoms with van der Waals surface area (Å²) in [6.07, 6.45) is 8.18. The average molecular weight is 404 g/mol. The first-order chi connectivity index (χ1) is 11.8. The zero-order valence-corrected chi connectivity index (χ0v) is 16.8. The molecule has 134 valence electrons. The second-order valence-corrected chi connectivity index (χ2v) is 10.3. The Labute approximate surface area is 158 Å². The van der Waals surface area contributed by atoms with Gasteiger partial charge in [-0.2, -0.15) is 0 Å². The molecule has 1 aromatic rings. The molecule has 0 N–H and O–H groups in total. The molecule has 3 heterocycles. The van der Waals surface area contributed by atoms with Crippen LogP contribution in [0.1, 0.15) is 58.6 Å². The van der Waals surface area contributed by atoms with E-state index in [0.29, 0.717) is 6.04 Å². The molecule has 1 amide bonds. The number of anilines is 1. The normalized spacial score (nSPS) is 39.0. The summed E-state index contributed by atoms with van der Waals surface area (Å²) in [4.78, 5) is 22.6. The van der Waals surface area contributed by atoms with Crippen molar-refractivity contribution in [1.82, 2.24) is 9.88 Å². The van der Waals surface area contributed by atoms with Gasteiger partial charge in [0.15, 0.2) is 0 Å². The highest BCUT2D eigenvalue weighted by atomic mass is 79.9. The number of carbonyl (C=O) groups excluding carboxylic acids is 1. The highest BCUT2D eigenvalue weighted by Gasteiger charge is 2.57. The minimum Gasteiger partial charge on any atom is -0.307 e. The molecule has 0 aromatic carbocycles. The maximum Gasteiger partial charge on any atom is 0.239 e. The van der Waals surface area contributed by atoms with Crippen LogP contribution in [-0.2, 0) is 10.2 Å². The van der Waals surface area contributed by atoms with Crippen LogP contribution >= 0.6 is 15.9 Å². The van der Waals surface area contributed by atoms with Crippen LogP contribution in [-0.4, -0.2) is 40.0 Å². The van der Waals surface area contributed by atoms with Gasteiger partial charge in [0.1, 0.15) is 0 Å². The fourth-order valence-electron chi connectivity index (χ4n) is 5.93. The van der Waals surface area contributed by atoms with Gasteiger partial charge < -0.3 is 4.90 Å². The number of likely N-dealkylation sites (tertiary alicyclic amines) is 1. The number of piperidine rings is 1. The highest BCUT2D eigenvalue weighted by molar-refractivity contribution is 9.10. The Balaban J connectivity index is 1.41. The zero-order valence-electron chi connectivity index (χ0n) is 15.3. The number of carbonyl (C=O) groups is 1. The van der Waals surface area contributed by atoms with Crippen molar-refractivity contribution in [3.63, 3.8) is 0 Å². The molecule has 25 heavy (non-hydrogen) atoms. The summed E-state index contributed by atoms with van der Waals surface area (Å²) >= 11 is 3.53. The Morgan fingerprint density at radius 2 is 1.96 bits per heavy atom. The van der Waals surface area contributed by atoms with Gasteiger partial charge in [-0.15, -0.1) is 0 Å². The third-order valence-electron chi connectivity index (χ3n) is 7.26. The lowest BCUT2D eigenvalue weighted by Crippen LogP contribution is -2.64. The summed E-state index contributed by atoms with van der Waals surface area (Å²) in [5.41, 5.74) is 1.69. The van der Waals surface area contributed by atoms with E-state index < -0.39 is 5.41 Å². The van der Waals surface area contributed by atoms with Gasteiger partial charge in [0.25, 0.3) is 0 Å². The van der Waals surface area contributed by atoms with E-state index in [0.717, 1.165) is 40.7 Å². The van der Waals surface area contributed by atoms with Crippen LogP contribution < -0.4 is 4.90 Å². The lowest BCUT2D eigenvalue weighted by Gasteiger charge is -2.56. The summed E-state index contributed by atoms with van der Waals surface area (Å²) in [6.45, 7) is 7.70. The van der Waals surface area contributed by atoms with Crippen molar-refractivity contribution in [2.75, 3.05) is 11.4 Å². The standard InChI is InChI=1S/C20H26BrN3O/c1-19(2)17-16(7-13(21)10-22-17)24(18(19)25)15-8-20(3,9-15)23-11-12-4-5-14(23)6-12/h7,10,12,14-15H,4-6,8-9,11H2,1-3H3/t12-,14+,15-,20+/m0/s1. The van der Waals surface area contributed by atoms with Crippen LogP contribution in [0.3, 0.4) is 0 Å². The number of halogens is 1. The molecule has 4 aliphatic rings. The number of nitrogens with zero attached hydrogens (tertiary/aromatic N) is 3. The highest BCUT2D eigenvalue weighted by Crippen LogP contribution is 2.52. The van der Waals surface area contributed by atoms with Crippen molar-refractivity contribution < 1.29 is 4.79 Å². The summed E-state index contributed by atoms with van der Waals surface area (Å²) in [7, 11) is 0. The van der Waals surface area contributed by atoms with Gasteiger partial charge >= 0.3 is 0 Å². The Kier molecular flexibility index (Phi) is 3.29. The molecule has 2 aliphatic carbocycles. The summed E-state index contributed by atoms with van der Waals surface area (Å²) in [5, 5.41) is 0. The number of hydrogen-bond donors (Lipinski definition) is 0. The van der Waals surface area contributed by atoms with Gasteiger partial charge in [-0.3, -0.25) is 14.7 Å². The second-order valence-electron chi connectivity index (χ2n) is 9.37. The van der Waals surface area contributed by atoms with E-state index in [9.17, 15) is 4.79 Å². The second kappa shape index (κ2) is 5.07. The first-order valence-electron chi connectivity index (χ1n) is 9.56. The van der Waals surface area contributed by atoms with Crippen molar-refractivity contribution in [2.24, 2.45) is 5.92 Å². The molecular weight excluding hydrogens is 378 g/mol. The van der Waals surface area contributed by atoms with E-state index in [1.54, 1.807) is 0 Å². The van der Waals surface area contributed by atoms with Crippen molar-refractivity contribution in [1.29, 1.82) is 0 Å². The molecule has 0 spiro atoms. The Hall–Kier alpha value is -0.940. The topological polar surface area (TPSA) is 36.4 Å². The first-order valence-corrected chi connectivity index (χ1v) is 10.4. The van der Waals surface area contributed by atoms with Crippen LogP contribution in [0.2, 0.25) is 0 Å². The van der Waals surface area contributed by atoms with E-state index >= 15 is 0 Å². The molecular formula is C20H26BrN3O. The maximum absolute atomic E-state index is 13.1. The van der Waals surface area contributed by atoms with Crippen LogP contribution in [0.25, 0.3) is 0 Å². The Morgan fingerprint density at radius 1 is 1.20 bits per heavy atom. The van der Waals surface area contributed by atoms with Crippen LogP contribution in [0, 0.1) is 5.92 Å². The third-order valence-corrected chi connectivity index (χ3v) is 7.69. The minimum atomic E-state index is -0.519. The van der Waals surface area contributed by atoms with E-state index in [-0.39, 0.29) is 11.4 Å². The largest absolute Gasteiger partial charge is 0.307 e. The molecule has 0 radical (unpaired) electrons. The number of hydrogen-bond acceptors (Lipinski definition) is 3. The fraction of sp³-hybridized carbons (Fsp3) is 0.700. The molecule has 1 aromatic heterocycles. The Morgan fingerprint density at radius 3 is 2.60 bits per heavy atom. The predicted molar refractivity (Wildman–Crippen MR) is 102 cm³/mol. The van der Waals surface area contributed by atoms with Crippen molar-refractivity contribution >= 4 is 27.5 Å². The smallest absolute Gasteiger partial charge is 0.239 e. The molecule has 4 nitrogen and oxygen atoms in total. The minimum absolute atomic E-state index is 0.211. The molecule has 2 atom stereocenters. The van der Waals surface area contributed by atoms with Crippen LogP contribution in [0.15, 0.2) is 16.7 Å². The molecule has 2 aliphatic heterocycles. The van der Waals surface area contributed by atoms with Gasteiger partial charge in [0, 0.05) is 34.8 Å². The van der Waals surface area contributed by atoms with E-state index in [2.05, 4.69) is 43.7 Å². The summed E-state index contributed by atoms with van der Waals surface area (Å²) in [5.74, 6) is 1.14. The van der Waals surface area contributed by atoms with E-state index in [1.807, 2.05) is 20.0 Å². The predicted octanol–water partition coefficient (Wildman–Crippen LogP) is 3.87. The Bertz CT molecular complexity index is 755. The monoisotopic (exact) mass is 403 g/mol. The summed E-state index contributed by atoms with van der Waals surface area (Å²) < 4.78 is 0.945. The van der Waals surface area contributed by atoms with E-state index in [4.69, 9.17) is 0 Å². The zero-order chi connectivity index (χ0) is 17.6. The molecule has 2 saturated carbocycles. The first kappa shape index (κ1) is 16.2. The van der Waals surface area contributed by atoms with Crippen molar-refractivity contribution in [3.8, 4) is 0 Å². The maximum atomic E-state index is 13.1. The lowest BCUT2D eigenvalue weighted by atomic mass is 9.71. The van der Waals surface area contributed by atoms with Crippen LogP contribution in [0.5, 0.6) is 0 Å². The molecule has 1 saturated heterocycles. The quantitative estimate of drug-likeness (QED) is 0.751. The average Bonchev–Trinajstić information content (AvgIpc) is 3.19. The van der Waals surface area contributed by atoms with Crippen LogP contribution in [0.4, 0.5) is 5.69 Å². The number of amides is 1. The number of rotatable bonds is 2. The van der Waals surface area contributed by atoms with Gasteiger partial charge in [-0.05, 0) is 80.8 Å². The lowest BCUT2D eigenvalue weighted by molar-refractivity contribution is -0.124. The number of aromatic nitrogens is 1. The van der Waals surface area contributed by atoms with Gasteiger partial charge in [0.2, 0.25) is 5.91 Å². The summed E-state index contributed by atoms with van der Waals surface area (Å²) in [6, 6.07) is 3.18. The molecule has 0 unspecified atom stereocenters.